The second-order valence-electron chi connectivity index (χ2n) is 19.1. The summed E-state index contributed by atoms with van der Waals surface area (Å²) in [6.07, 6.45) is 2.71. The molecule has 0 unspecified atom stereocenters. The summed E-state index contributed by atoms with van der Waals surface area (Å²) in [4.78, 5) is 28.7. The number of anilines is 2. The Morgan fingerprint density at radius 3 is 2.07 bits per heavy atom. The van der Waals surface area contributed by atoms with Crippen molar-refractivity contribution in [3.8, 4) is 28.4 Å². The largest absolute Gasteiger partial charge is 0.481 e. The van der Waals surface area contributed by atoms with Crippen molar-refractivity contribution < 1.29 is 27.5 Å². The Balaban J connectivity index is 1.54. The van der Waals surface area contributed by atoms with Gasteiger partial charge in [0.25, 0.3) is 0 Å². The molecule has 3 heterocycles. The molecule has 0 aliphatic carbocycles. The molecule has 61 heavy (non-hydrogen) atoms. The summed E-state index contributed by atoms with van der Waals surface area (Å²) < 4.78 is 40.0. The maximum Gasteiger partial charge on any atom is 0.410 e. The molecule has 0 atom stereocenters. The zero-order valence-electron chi connectivity index (χ0n) is 38.4. The lowest BCUT2D eigenvalue weighted by Gasteiger charge is -2.37. The van der Waals surface area contributed by atoms with E-state index in [0.29, 0.717) is 83.1 Å². The van der Waals surface area contributed by atoms with Crippen LogP contribution < -0.4 is 15.4 Å². The summed E-state index contributed by atoms with van der Waals surface area (Å²) in [5.41, 5.74) is 2.90. The van der Waals surface area contributed by atoms with Gasteiger partial charge in [0.15, 0.2) is 28.3 Å². The first-order chi connectivity index (χ1) is 28.3. The Morgan fingerprint density at radius 2 is 1.44 bits per heavy atom. The van der Waals surface area contributed by atoms with E-state index in [0.717, 1.165) is 0 Å². The molecule has 1 aromatic carbocycles. The second kappa shape index (κ2) is 20.3. The number of rotatable bonds is 17. The molecule has 4 aromatic rings. The number of ether oxygens (including phenoxy) is 2. The third kappa shape index (κ3) is 13.2. The van der Waals surface area contributed by atoms with Crippen LogP contribution >= 0.6 is 23.2 Å². The van der Waals surface area contributed by atoms with Crippen LogP contribution in [0.1, 0.15) is 73.4 Å². The third-order valence-electron chi connectivity index (χ3n) is 11.3. The molecule has 0 aliphatic rings. The molecule has 334 valence electrons. The Labute approximate surface area is 374 Å². The lowest BCUT2D eigenvalue weighted by molar-refractivity contribution is 0.0204. The Kier molecular flexibility index (Phi) is 16.6. The van der Waals surface area contributed by atoms with Gasteiger partial charge in [0.1, 0.15) is 5.60 Å². The summed E-state index contributed by atoms with van der Waals surface area (Å²) in [5, 5.41) is 7.08. The Bertz CT molecular complexity index is 2140. The van der Waals surface area contributed by atoms with Gasteiger partial charge in [-0.3, -0.25) is 4.98 Å². The summed E-state index contributed by atoms with van der Waals surface area (Å²) >= 11 is 14.1. The zero-order valence-corrected chi connectivity index (χ0v) is 41.9. The number of carbonyl (C=O) groups excluding carboxylic acids is 1. The fourth-order valence-electron chi connectivity index (χ4n) is 5.60. The van der Waals surface area contributed by atoms with E-state index in [1.54, 1.807) is 47.6 Å². The second-order valence-corrected chi connectivity index (χ2v) is 29.5. The van der Waals surface area contributed by atoms with E-state index < -0.39 is 34.1 Å². The Hall–Kier alpha value is -3.64. The van der Waals surface area contributed by atoms with Crippen LogP contribution in [0.3, 0.4) is 0 Å². The van der Waals surface area contributed by atoms with Gasteiger partial charge in [0, 0.05) is 60.9 Å². The normalized spacial score (nSPS) is 12.7. The lowest BCUT2D eigenvalue weighted by atomic mass is 10.1. The van der Waals surface area contributed by atoms with Gasteiger partial charge in [-0.05, 0) is 87.4 Å². The SMILES string of the molecule is COc1nc(-c2ccnc(-c3cccc(Nc4nccc(CNCCO[Si](C)(C)C(C)(C)C)c4F)c3Cl)c2Cl)ccc1CN(CCO[Si](C)(C)C(C)(C)C)C(=O)OC(C)(C)C. The van der Waals surface area contributed by atoms with Gasteiger partial charge in [-0.25, -0.2) is 19.2 Å². The number of aromatic nitrogens is 3. The first kappa shape index (κ1) is 50.0. The van der Waals surface area contributed by atoms with Crippen LogP contribution in [0.5, 0.6) is 5.88 Å². The van der Waals surface area contributed by atoms with Crippen LogP contribution in [0.2, 0.25) is 46.3 Å². The maximum atomic E-state index is 15.8. The highest BCUT2D eigenvalue weighted by molar-refractivity contribution is 6.74. The standard InChI is InChI=1S/C45H65Cl2FN6O5Si2/c1-43(2,3)59-42(55)54(25-27-58-61(13,14)45(7,8)9)29-31-18-19-34(53-41(31)56-10)32-21-23-50-39(37(32)47)33-16-15-17-35(36(33)46)52-40-38(48)30(20-22-51-40)28-49-24-26-57-60(11,12)44(4,5)6/h15-23,49H,24-29H2,1-14H3,(H,51,52). The molecule has 4 rings (SSSR count). The minimum Gasteiger partial charge on any atom is -0.481 e. The molecule has 2 N–H and O–H groups in total. The molecular formula is C45H65Cl2FN6O5Si2. The van der Waals surface area contributed by atoms with Crippen LogP contribution in [-0.2, 0) is 26.7 Å². The number of halogens is 3. The molecule has 1 amide bonds. The first-order valence-corrected chi connectivity index (χ1v) is 27.2. The van der Waals surface area contributed by atoms with Crippen molar-refractivity contribution in [3.05, 3.63) is 81.8 Å². The molecule has 0 fully saturated rings. The quantitative estimate of drug-likeness (QED) is 0.0782. The van der Waals surface area contributed by atoms with Gasteiger partial charge in [0.05, 0.1) is 47.4 Å². The van der Waals surface area contributed by atoms with E-state index in [4.69, 9.17) is 46.5 Å². The van der Waals surface area contributed by atoms with Crippen LogP contribution in [0.4, 0.5) is 20.7 Å². The van der Waals surface area contributed by atoms with E-state index in [-0.39, 0.29) is 27.5 Å². The lowest BCUT2D eigenvalue weighted by Crippen LogP contribution is -2.44. The fraction of sp³-hybridized carbons (Fsp3) is 0.511. The number of nitrogens with zero attached hydrogens (tertiary/aromatic N) is 4. The molecule has 16 heteroatoms. The van der Waals surface area contributed by atoms with Gasteiger partial charge in [-0.2, -0.15) is 0 Å². The van der Waals surface area contributed by atoms with Crippen molar-refractivity contribution in [2.75, 3.05) is 38.7 Å². The van der Waals surface area contributed by atoms with E-state index in [9.17, 15) is 4.79 Å². The number of pyridine rings is 3. The summed E-state index contributed by atoms with van der Waals surface area (Å²) in [6.45, 7) is 29.7. The number of hydrogen-bond donors (Lipinski definition) is 2. The summed E-state index contributed by atoms with van der Waals surface area (Å²) in [6, 6.07) is 12.4. The van der Waals surface area contributed by atoms with Crippen molar-refractivity contribution in [1.29, 1.82) is 0 Å². The number of hydrogen-bond acceptors (Lipinski definition) is 10. The average Bonchev–Trinajstić information content (AvgIpc) is 3.15. The number of benzene rings is 1. The highest BCUT2D eigenvalue weighted by Gasteiger charge is 2.38. The van der Waals surface area contributed by atoms with Crippen molar-refractivity contribution in [1.82, 2.24) is 25.2 Å². The molecule has 0 aliphatic heterocycles. The minimum atomic E-state index is -2.05. The number of nitrogens with one attached hydrogen (secondary N) is 2. The zero-order chi connectivity index (χ0) is 45.6. The summed E-state index contributed by atoms with van der Waals surface area (Å²) in [7, 11) is -2.40. The molecule has 0 bridgehead atoms. The summed E-state index contributed by atoms with van der Waals surface area (Å²) in [5.74, 6) is -0.132. The molecular weight excluding hydrogens is 851 g/mol. The Morgan fingerprint density at radius 1 is 0.803 bits per heavy atom. The topological polar surface area (TPSA) is 120 Å². The molecule has 0 saturated heterocycles. The highest BCUT2D eigenvalue weighted by Crippen LogP contribution is 2.41. The van der Waals surface area contributed by atoms with Crippen LogP contribution in [0.25, 0.3) is 22.5 Å². The molecule has 0 radical (unpaired) electrons. The van der Waals surface area contributed by atoms with Crippen molar-refractivity contribution >= 4 is 57.4 Å². The number of methoxy groups -OCH3 is 1. The molecule has 0 saturated carbocycles. The predicted octanol–water partition coefficient (Wildman–Crippen LogP) is 12.3. The fourth-order valence-corrected chi connectivity index (χ4v) is 8.26. The third-order valence-corrected chi connectivity index (χ3v) is 21.1. The van der Waals surface area contributed by atoms with Gasteiger partial charge >= 0.3 is 6.09 Å². The van der Waals surface area contributed by atoms with E-state index in [2.05, 4.69) is 88.3 Å². The van der Waals surface area contributed by atoms with E-state index in [1.165, 1.54) is 7.11 Å². The predicted molar refractivity (Wildman–Crippen MR) is 252 cm³/mol. The van der Waals surface area contributed by atoms with Gasteiger partial charge in [-0.1, -0.05) is 76.9 Å². The number of amides is 1. The van der Waals surface area contributed by atoms with Crippen molar-refractivity contribution in [3.63, 3.8) is 0 Å². The molecule has 0 spiro atoms. The van der Waals surface area contributed by atoms with Gasteiger partial charge in [-0.15, -0.1) is 0 Å². The number of carbonyl (C=O) groups is 1. The minimum absolute atomic E-state index is 0.0225. The van der Waals surface area contributed by atoms with Crippen LogP contribution in [0, 0.1) is 5.82 Å². The molecule has 11 nitrogen and oxygen atoms in total. The highest BCUT2D eigenvalue weighted by atomic mass is 35.5. The van der Waals surface area contributed by atoms with Crippen LogP contribution in [-0.4, -0.2) is 81.6 Å². The van der Waals surface area contributed by atoms with Gasteiger partial charge in [0.2, 0.25) is 5.88 Å². The maximum absolute atomic E-state index is 15.8. The molecule has 3 aromatic heterocycles. The van der Waals surface area contributed by atoms with Crippen LogP contribution in [0.15, 0.2) is 54.9 Å². The monoisotopic (exact) mass is 914 g/mol. The van der Waals surface area contributed by atoms with E-state index in [1.807, 2.05) is 32.9 Å². The first-order valence-electron chi connectivity index (χ1n) is 20.6. The average molecular weight is 916 g/mol. The van der Waals surface area contributed by atoms with Crippen molar-refractivity contribution in [2.45, 2.75) is 117 Å². The smallest absolute Gasteiger partial charge is 0.410 e. The van der Waals surface area contributed by atoms with Gasteiger partial charge < -0.3 is 33.9 Å². The van der Waals surface area contributed by atoms with Crippen molar-refractivity contribution in [2.24, 2.45) is 0 Å². The van der Waals surface area contributed by atoms with E-state index >= 15 is 4.39 Å².